The summed E-state index contributed by atoms with van der Waals surface area (Å²) in [6.07, 6.45) is 3.49. The summed E-state index contributed by atoms with van der Waals surface area (Å²) in [5.74, 6) is 0.551. The highest BCUT2D eigenvalue weighted by atomic mass is 79.9. The van der Waals surface area contributed by atoms with Gasteiger partial charge in [0.1, 0.15) is 5.75 Å². The van der Waals surface area contributed by atoms with Gasteiger partial charge in [-0.15, -0.1) is 0 Å². The fourth-order valence-electron chi connectivity index (χ4n) is 2.53. The first-order valence-corrected chi connectivity index (χ1v) is 7.12. The number of non-ortho nitro benzene ring substituents is 1. The predicted octanol–water partition coefficient (Wildman–Crippen LogP) is 3.74. The summed E-state index contributed by atoms with van der Waals surface area (Å²) < 4.78 is 6.06. The lowest BCUT2D eigenvalue weighted by atomic mass is 10.0. The molecule has 1 fully saturated rings. The van der Waals surface area contributed by atoms with Crippen LogP contribution in [0.2, 0.25) is 0 Å². The molecular formula is C13H17BrN2O3. The molecule has 1 heterocycles. The highest BCUT2D eigenvalue weighted by Crippen LogP contribution is 2.41. The molecule has 0 N–H and O–H groups in total. The number of rotatable bonds is 3. The molecule has 0 aromatic heterocycles. The molecule has 0 bridgehead atoms. The Bertz CT molecular complexity index is 493. The van der Waals surface area contributed by atoms with E-state index < -0.39 is 4.92 Å². The third-order valence-electron chi connectivity index (χ3n) is 3.53. The summed E-state index contributed by atoms with van der Waals surface area (Å²) in [6.45, 7) is 3.13. The van der Waals surface area contributed by atoms with Crippen molar-refractivity contribution in [3.05, 3.63) is 26.7 Å². The molecule has 0 aliphatic carbocycles. The van der Waals surface area contributed by atoms with Crippen molar-refractivity contribution in [3.8, 4) is 5.75 Å². The minimum atomic E-state index is -0.406. The van der Waals surface area contributed by atoms with Gasteiger partial charge in [-0.05, 0) is 42.1 Å². The van der Waals surface area contributed by atoms with Gasteiger partial charge in [0.2, 0.25) is 0 Å². The minimum Gasteiger partial charge on any atom is -0.494 e. The molecule has 6 heteroatoms. The Hall–Kier alpha value is -1.30. The summed E-state index contributed by atoms with van der Waals surface area (Å²) in [6, 6.07) is 3.45. The first-order chi connectivity index (χ1) is 9.04. The molecule has 0 amide bonds. The molecule has 1 aromatic rings. The molecule has 0 radical (unpaired) electrons. The Morgan fingerprint density at radius 2 is 2.21 bits per heavy atom. The second kappa shape index (κ2) is 5.77. The van der Waals surface area contributed by atoms with Crippen LogP contribution in [-0.4, -0.2) is 24.6 Å². The van der Waals surface area contributed by atoms with Gasteiger partial charge in [-0.2, -0.15) is 0 Å². The van der Waals surface area contributed by atoms with E-state index in [-0.39, 0.29) is 5.69 Å². The zero-order chi connectivity index (χ0) is 14.0. The van der Waals surface area contributed by atoms with E-state index in [1.54, 1.807) is 13.2 Å². The number of anilines is 1. The van der Waals surface area contributed by atoms with E-state index in [0.29, 0.717) is 16.3 Å². The zero-order valence-corrected chi connectivity index (χ0v) is 12.6. The van der Waals surface area contributed by atoms with Crippen LogP contribution in [0.15, 0.2) is 16.6 Å². The molecule has 0 saturated carbocycles. The normalized spacial score (nSPS) is 19.3. The van der Waals surface area contributed by atoms with Crippen molar-refractivity contribution in [2.24, 2.45) is 0 Å². The topological polar surface area (TPSA) is 55.6 Å². The zero-order valence-electron chi connectivity index (χ0n) is 11.1. The van der Waals surface area contributed by atoms with E-state index in [0.717, 1.165) is 25.1 Å². The van der Waals surface area contributed by atoms with Crippen LogP contribution in [0.25, 0.3) is 0 Å². The maximum Gasteiger partial charge on any atom is 0.274 e. The number of hydrogen-bond donors (Lipinski definition) is 0. The smallest absolute Gasteiger partial charge is 0.274 e. The number of methoxy groups -OCH3 is 1. The van der Waals surface area contributed by atoms with Crippen LogP contribution < -0.4 is 9.64 Å². The van der Waals surface area contributed by atoms with Crippen LogP contribution in [0.3, 0.4) is 0 Å². The predicted molar refractivity (Wildman–Crippen MR) is 78.0 cm³/mol. The standard InChI is InChI=1S/C13H17BrN2O3/c1-9-5-3-4-6-15(9)13-11(14)7-10(16(17)18)8-12(13)19-2/h7-9H,3-6H2,1-2H3/t9-/m0/s1. The van der Waals surface area contributed by atoms with Crippen molar-refractivity contribution in [2.75, 3.05) is 18.6 Å². The number of piperidine rings is 1. The average molecular weight is 329 g/mol. The number of halogens is 1. The third kappa shape index (κ3) is 2.83. The van der Waals surface area contributed by atoms with Crippen LogP contribution in [0.1, 0.15) is 26.2 Å². The van der Waals surface area contributed by atoms with Gasteiger partial charge in [-0.25, -0.2) is 0 Å². The summed E-state index contributed by atoms with van der Waals surface area (Å²) in [4.78, 5) is 12.7. The lowest BCUT2D eigenvalue weighted by Crippen LogP contribution is -2.37. The van der Waals surface area contributed by atoms with E-state index in [2.05, 4.69) is 27.8 Å². The molecule has 1 aliphatic heterocycles. The summed E-state index contributed by atoms with van der Waals surface area (Å²) >= 11 is 3.44. The Kier molecular flexibility index (Phi) is 4.29. The van der Waals surface area contributed by atoms with Gasteiger partial charge >= 0.3 is 0 Å². The van der Waals surface area contributed by atoms with Gasteiger partial charge in [0.25, 0.3) is 5.69 Å². The maximum absolute atomic E-state index is 10.9. The maximum atomic E-state index is 10.9. The third-order valence-corrected chi connectivity index (χ3v) is 4.14. The number of ether oxygens (including phenoxy) is 1. The van der Waals surface area contributed by atoms with Crippen LogP contribution in [0.5, 0.6) is 5.75 Å². The van der Waals surface area contributed by atoms with Crippen LogP contribution >= 0.6 is 15.9 Å². The van der Waals surface area contributed by atoms with Crippen LogP contribution in [0, 0.1) is 10.1 Å². The van der Waals surface area contributed by atoms with Gasteiger partial charge < -0.3 is 9.64 Å². The Labute approximate surface area is 120 Å². The van der Waals surface area contributed by atoms with Crippen molar-refractivity contribution >= 4 is 27.3 Å². The van der Waals surface area contributed by atoms with E-state index in [1.165, 1.54) is 12.5 Å². The molecule has 1 aromatic carbocycles. The summed E-state index contributed by atoms with van der Waals surface area (Å²) in [5, 5.41) is 10.9. The van der Waals surface area contributed by atoms with Gasteiger partial charge in [0, 0.05) is 18.7 Å². The number of nitro groups is 1. The molecule has 5 nitrogen and oxygen atoms in total. The Morgan fingerprint density at radius 1 is 1.47 bits per heavy atom. The van der Waals surface area contributed by atoms with Gasteiger partial charge in [0.05, 0.1) is 28.3 Å². The first kappa shape index (κ1) is 14.1. The lowest BCUT2D eigenvalue weighted by Gasteiger charge is -2.36. The van der Waals surface area contributed by atoms with Crippen LogP contribution in [0.4, 0.5) is 11.4 Å². The molecular weight excluding hydrogens is 312 g/mol. The summed E-state index contributed by atoms with van der Waals surface area (Å²) in [7, 11) is 1.55. The Morgan fingerprint density at radius 3 is 2.79 bits per heavy atom. The fraction of sp³-hybridized carbons (Fsp3) is 0.538. The quantitative estimate of drug-likeness (QED) is 0.626. The Balaban J connectivity index is 2.46. The van der Waals surface area contributed by atoms with Crippen molar-refractivity contribution in [1.82, 2.24) is 0 Å². The number of nitro benzene ring substituents is 1. The molecule has 0 spiro atoms. The largest absolute Gasteiger partial charge is 0.494 e. The SMILES string of the molecule is COc1cc([N+](=O)[O-])cc(Br)c1N1CCCC[C@@H]1C. The van der Waals surface area contributed by atoms with Gasteiger partial charge in [-0.1, -0.05) is 0 Å². The van der Waals surface area contributed by atoms with Gasteiger partial charge in [0.15, 0.2) is 0 Å². The second-order valence-electron chi connectivity index (χ2n) is 4.77. The molecule has 19 heavy (non-hydrogen) atoms. The van der Waals surface area contributed by atoms with Crippen molar-refractivity contribution < 1.29 is 9.66 Å². The molecule has 1 saturated heterocycles. The second-order valence-corrected chi connectivity index (χ2v) is 5.63. The van der Waals surface area contributed by atoms with Gasteiger partial charge in [-0.3, -0.25) is 10.1 Å². The minimum absolute atomic E-state index is 0.0390. The fourth-order valence-corrected chi connectivity index (χ4v) is 3.19. The van der Waals surface area contributed by atoms with E-state index in [4.69, 9.17) is 4.74 Å². The van der Waals surface area contributed by atoms with Crippen molar-refractivity contribution in [3.63, 3.8) is 0 Å². The van der Waals surface area contributed by atoms with Crippen LogP contribution in [-0.2, 0) is 0 Å². The van der Waals surface area contributed by atoms with Crippen molar-refractivity contribution in [1.29, 1.82) is 0 Å². The molecule has 1 atom stereocenters. The van der Waals surface area contributed by atoms with E-state index in [9.17, 15) is 10.1 Å². The molecule has 1 aliphatic rings. The highest BCUT2D eigenvalue weighted by molar-refractivity contribution is 9.10. The van der Waals surface area contributed by atoms with Crippen molar-refractivity contribution in [2.45, 2.75) is 32.2 Å². The van der Waals surface area contributed by atoms with E-state index >= 15 is 0 Å². The average Bonchev–Trinajstić information content (AvgIpc) is 2.39. The number of benzene rings is 1. The number of nitrogens with zero attached hydrogens (tertiary/aromatic N) is 2. The number of hydrogen-bond acceptors (Lipinski definition) is 4. The molecule has 2 rings (SSSR count). The lowest BCUT2D eigenvalue weighted by molar-refractivity contribution is -0.385. The summed E-state index contributed by atoms with van der Waals surface area (Å²) in [5.41, 5.74) is 0.956. The molecule has 0 unspecified atom stereocenters. The first-order valence-electron chi connectivity index (χ1n) is 6.33. The molecule has 104 valence electrons. The van der Waals surface area contributed by atoms with E-state index in [1.807, 2.05) is 0 Å². The highest BCUT2D eigenvalue weighted by Gasteiger charge is 2.25. The monoisotopic (exact) mass is 328 g/mol.